The quantitative estimate of drug-likeness (QED) is 0.865. The summed E-state index contributed by atoms with van der Waals surface area (Å²) in [4.78, 5) is 16.4. The molecule has 2 atom stereocenters. The van der Waals surface area contributed by atoms with Gasteiger partial charge in [0.05, 0.1) is 6.54 Å². The number of amides is 1. The summed E-state index contributed by atoms with van der Waals surface area (Å²) in [5.74, 6) is 2.29. The number of fused-ring (bicyclic) bond motifs is 2. The maximum atomic E-state index is 12.3. The van der Waals surface area contributed by atoms with E-state index in [0.29, 0.717) is 36.1 Å². The zero-order chi connectivity index (χ0) is 14.1. The van der Waals surface area contributed by atoms with Gasteiger partial charge in [0, 0.05) is 18.9 Å². The Labute approximate surface area is 118 Å². The van der Waals surface area contributed by atoms with Crippen LogP contribution in [0.3, 0.4) is 0 Å². The first kappa shape index (κ1) is 13.5. The maximum absolute atomic E-state index is 12.3. The third-order valence-electron chi connectivity index (χ3n) is 4.77. The standard InChI is InChI=1S/C14H22N4O2/c1-8-17-12(18-20-8)7-16-14(19)11-5-9-3-2-4-10(6-11)13(9)15/h9-11,13H,2-7,15H2,1H3,(H,16,19). The molecule has 3 N–H and O–H groups in total. The molecule has 0 aliphatic heterocycles. The lowest BCUT2D eigenvalue weighted by molar-refractivity contribution is -0.128. The van der Waals surface area contributed by atoms with Crippen LogP contribution in [-0.4, -0.2) is 22.1 Å². The molecular formula is C14H22N4O2. The van der Waals surface area contributed by atoms with E-state index in [9.17, 15) is 4.79 Å². The Balaban J connectivity index is 1.55. The SMILES string of the molecule is Cc1nc(CNC(=O)C2CC3CCCC(C2)C3N)no1. The number of nitrogens with zero attached hydrogens (tertiary/aromatic N) is 2. The second kappa shape index (κ2) is 5.52. The van der Waals surface area contributed by atoms with Crippen molar-refractivity contribution in [3.8, 4) is 0 Å². The molecule has 2 saturated carbocycles. The van der Waals surface area contributed by atoms with Crippen LogP contribution < -0.4 is 11.1 Å². The molecule has 1 amide bonds. The molecule has 0 spiro atoms. The van der Waals surface area contributed by atoms with E-state index in [2.05, 4.69) is 15.5 Å². The van der Waals surface area contributed by atoms with Gasteiger partial charge in [-0.3, -0.25) is 4.79 Å². The summed E-state index contributed by atoms with van der Waals surface area (Å²) in [6.07, 6.45) is 5.46. The topological polar surface area (TPSA) is 94.0 Å². The number of hydrogen-bond donors (Lipinski definition) is 2. The Morgan fingerprint density at radius 1 is 1.40 bits per heavy atom. The van der Waals surface area contributed by atoms with Crippen molar-refractivity contribution in [2.45, 2.75) is 51.6 Å². The van der Waals surface area contributed by atoms with Gasteiger partial charge >= 0.3 is 0 Å². The van der Waals surface area contributed by atoms with Gasteiger partial charge in [-0.15, -0.1) is 0 Å². The molecule has 20 heavy (non-hydrogen) atoms. The van der Waals surface area contributed by atoms with Crippen molar-refractivity contribution in [2.75, 3.05) is 0 Å². The number of carbonyl (C=O) groups excluding carboxylic acids is 1. The first-order valence-corrected chi connectivity index (χ1v) is 7.46. The summed E-state index contributed by atoms with van der Waals surface area (Å²) in [5, 5.41) is 6.70. The average molecular weight is 278 g/mol. The Morgan fingerprint density at radius 3 is 2.70 bits per heavy atom. The Hall–Kier alpha value is -1.43. The minimum Gasteiger partial charge on any atom is -0.348 e. The van der Waals surface area contributed by atoms with Gasteiger partial charge < -0.3 is 15.6 Å². The van der Waals surface area contributed by atoms with Crippen LogP contribution >= 0.6 is 0 Å². The molecular weight excluding hydrogens is 256 g/mol. The van der Waals surface area contributed by atoms with Crippen molar-refractivity contribution < 1.29 is 9.32 Å². The highest BCUT2D eigenvalue weighted by Gasteiger charge is 2.40. The normalized spacial score (nSPS) is 32.9. The van der Waals surface area contributed by atoms with Gasteiger partial charge in [-0.05, 0) is 37.5 Å². The second-order valence-electron chi connectivity index (χ2n) is 6.14. The smallest absolute Gasteiger partial charge is 0.223 e. The van der Waals surface area contributed by atoms with Crippen LogP contribution in [0.15, 0.2) is 4.52 Å². The fourth-order valence-electron chi connectivity index (χ4n) is 3.73. The highest BCUT2D eigenvalue weighted by atomic mass is 16.5. The third kappa shape index (κ3) is 2.70. The summed E-state index contributed by atoms with van der Waals surface area (Å²) in [7, 11) is 0. The van der Waals surface area contributed by atoms with Gasteiger partial charge in [-0.2, -0.15) is 4.98 Å². The number of rotatable bonds is 3. The van der Waals surface area contributed by atoms with Crippen LogP contribution in [-0.2, 0) is 11.3 Å². The van der Waals surface area contributed by atoms with Crippen molar-refractivity contribution in [1.29, 1.82) is 0 Å². The van der Waals surface area contributed by atoms with Gasteiger partial charge in [-0.25, -0.2) is 0 Å². The van der Waals surface area contributed by atoms with E-state index in [4.69, 9.17) is 10.3 Å². The molecule has 2 aliphatic carbocycles. The predicted molar refractivity (Wildman–Crippen MR) is 72.4 cm³/mol. The fourth-order valence-corrected chi connectivity index (χ4v) is 3.73. The van der Waals surface area contributed by atoms with Crippen molar-refractivity contribution in [2.24, 2.45) is 23.5 Å². The first-order valence-electron chi connectivity index (χ1n) is 7.46. The molecule has 0 saturated heterocycles. The summed E-state index contributed by atoms with van der Waals surface area (Å²) in [6.45, 7) is 2.08. The number of nitrogens with two attached hydrogens (primary N) is 1. The van der Waals surface area contributed by atoms with Crippen LogP contribution in [0, 0.1) is 24.7 Å². The van der Waals surface area contributed by atoms with Crippen LogP contribution in [0.25, 0.3) is 0 Å². The zero-order valence-corrected chi connectivity index (χ0v) is 11.8. The maximum Gasteiger partial charge on any atom is 0.223 e. The van der Waals surface area contributed by atoms with Gasteiger partial charge in [0.2, 0.25) is 11.8 Å². The number of nitrogens with one attached hydrogen (secondary N) is 1. The lowest BCUT2D eigenvalue weighted by atomic mass is 9.65. The van der Waals surface area contributed by atoms with Crippen molar-refractivity contribution in [1.82, 2.24) is 15.5 Å². The summed E-state index contributed by atoms with van der Waals surface area (Å²) in [6, 6.07) is 0.299. The van der Waals surface area contributed by atoms with E-state index in [0.717, 1.165) is 12.8 Å². The van der Waals surface area contributed by atoms with E-state index in [-0.39, 0.29) is 11.8 Å². The van der Waals surface area contributed by atoms with Gasteiger partial charge in [-0.1, -0.05) is 11.6 Å². The lowest BCUT2D eigenvalue weighted by Gasteiger charge is -2.43. The minimum atomic E-state index is 0.0955. The summed E-state index contributed by atoms with van der Waals surface area (Å²) >= 11 is 0. The Morgan fingerprint density at radius 2 is 2.10 bits per heavy atom. The number of hydrogen-bond acceptors (Lipinski definition) is 5. The van der Waals surface area contributed by atoms with E-state index < -0.39 is 0 Å². The number of aromatic nitrogens is 2. The van der Waals surface area contributed by atoms with Crippen molar-refractivity contribution in [3.63, 3.8) is 0 Å². The zero-order valence-electron chi connectivity index (χ0n) is 11.8. The van der Waals surface area contributed by atoms with Gasteiger partial charge in [0.15, 0.2) is 5.82 Å². The molecule has 2 unspecified atom stereocenters. The molecule has 6 heteroatoms. The highest BCUT2D eigenvalue weighted by Crippen LogP contribution is 2.41. The molecule has 2 bridgehead atoms. The lowest BCUT2D eigenvalue weighted by Crippen LogP contribution is -2.49. The van der Waals surface area contributed by atoms with E-state index in [1.54, 1.807) is 6.92 Å². The molecule has 3 rings (SSSR count). The van der Waals surface area contributed by atoms with E-state index >= 15 is 0 Å². The van der Waals surface area contributed by atoms with E-state index in [1.807, 2.05) is 0 Å². The predicted octanol–water partition coefficient (Wildman–Crippen LogP) is 1.15. The van der Waals surface area contributed by atoms with Crippen LogP contribution in [0.5, 0.6) is 0 Å². The molecule has 1 aromatic rings. The summed E-state index contributed by atoms with van der Waals surface area (Å²) in [5.41, 5.74) is 6.25. The molecule has 2 aliphatic rings. The Kier molecular flexibility index (Phi) is 3.74. The molecule has 0 aromatic carbocycles. The first-order chi connectivity index (χ1) is 9.63. The van der Waals surface area contributed by atoms with Gasteiger partial charge in [0.1, 0.15) is 0 Å². The molecule has 110 valence electrons. The van der Waals surface area contributed by atoms with Crippen molar-refractivity contribution >= 4 is 5.91 Å². The van der Waals surface area contributed by atoms with Crippen LogP contribution in [0.4, 0.5) is 0 Å². The average Bonchev–Trinajstić information content (AvgIpc) is 2.81. The molecule has 1 aromatic heterocycles. The molecule has 1 heterocycles. The largest absolute Gasteiger partial charge is 0.348 e. The fraction of sp³-hybridized carbons (Fsp3) is 0.786. The monoisotopic (exact) mass is 278 g/mol. The molecule has 0 radical (unpaired) electrons. The van der Waals surface area contributed by atoms with Crippen LogP contribution in [0.2, 0.25) is 0 Å². The van der Waals surface area contributed by atoms with Gasteiger partial charge in [0.25, 0.3) is 0 Å². The van der Waals surface area contributed by atoms with Crippen LogP contribution in [0.1, 0.15) is 43.8 Å². The minimum absolute atomic E-state index is 0.0955. The third-order valence-corrected chi connectivity index (χ3v) is 4.77. The molecule has 2 fully saturated rings. The van der Waals surface area contributed by atoms with Crippen molar-refractivity contribution in [3.05, 3.63) is 11.7 Å². The number of carbonyl (C=O) groups is 1. The summed E-state index contributed by atoms with van der Waals surface area (Å²) < 4.78 is 4.89. The van der Waals surface area contributed by atoms with E-state index in [1.165, 1.54) is 19.3 Å². The highest BCUT2D eigenvalue weighted by molar-refractivity contribution is 5.78. The second-order valence-corrected chi connectivity index (χ2v) is 6.14. The number of aryl methyl sites for hydroxylation is 1. The molecule has 6 nitrogen and oxygen atoms in total. The Bertz CT molecular complexity index is 473.